The predicted molar refractivity (Wildman–Crippen MR) is 68.2 cm³/mol. The van der Waals surface area contributed by atoms with E-state index in [0.717, 1.165) is 25.7 Å². The molecule has 2 N–H and O–H groups in total. The quantitative estimate of drug-likeness (QED) is 0.863. The number of halogens is 1. The lowest BCUT2D eigenvalue weighted by atomic mass is 9.81. The minimum absolute atomic E-state index is 0.0279. The topological polar surface area (TPSA) is 41.5 Å². The molecule has 1 aliphatic carbocycles. The van der Waals surface area contributed by atoms with Crippen LogP contribution in [0.3, 0.4) is 0 Å². The average molecular weight is 253 g/mol. The maximum Gasteiger partial charge on any atom is 0.126 e. The van der Waals surface area contributed by atoms with Gasteiger partial charge in [0.05, 0.1) is 6.61 Å². The number of ether oxygens (including phenoxy) is 1. The smallest absolute Gasteiger partial charge is 0.126 e. The Labute approximate surface area is 107 Å². The van der Waals surface area contributed by atoms with E-state index >= 15 is 0 Å². The first-order valence-electron chi connectivity index (χ1n) is 6.39. The van der Waals surface area contributed by atoms with Crippen LogP contribution in [0.25, 0.3) is 0 Å². The Morgan fingerprint density at radius 3 is 3.06 bits per heavy atom. The average Bonchev–Trinajstić information content (AvgIpc) is 2.39. The summed E-state index contributed by atoms with van der Waals surface area (Å²) < 4.78 is 18.9. The molecule has 0 aliphatic heterocycles. The van der Waals surface area contributed by atoms with Crippen LogP contribution < -0.4 is 10.1 Å². The van der Waals surface area contributed by atoms with Crippen LogP contribution in [-0.2, 0) is 0 Å². The molecular formula is C14H20FNO2. The predicted octanol–water partition coefficient (Wildman–Crippen LogP) is 2.10. The van der Waals surface area contributed by atoms with Crippen molar-refractivity contribution in [3.63, 3.8) is 0 Å². The Balaban J connectivity index is 2.01. The maximum absolute atomic E-state index is 13.1. The zero-order valence-electron chi connectivity index (χ0n) is 10.7. The molecule has 1 aromatic carbocycles. The molecule has 0 aromatic heterocycles. The zero-order valence-corrected chi connectivity index (χ0v) is 10.7. The molecule has 100 valence electrons. The summed E-state index contributed by atoms with van der Waals surface area (Å²) in [4.78, 5) is 0. The van der Waals surface area contributed by atoms with E-state index in [1.54, 1.807) is 12.1 Å². The van der Waals surface area contributed by atoms with Gasteiger partial charge in [0.15, 0.2) is 0 Å². The van der Waals surface area contributed by atoms with E-state index in [0.29, 0.717) is 5.75 Å². The van der Waals surface area contributed by atoms with Gasteiger partial charge < -0.3 is 15.2 Å². The van der Waals surface area contributed by atoms with Gasteiger partial charge in [-0.25, -0.2) is 4.39 Å². The molecule has 0 bridgehead atoms. The van der Waals surface area contributed by atoms with Crippen LogP contribution in [0.15, 0.2) is 24.3 Å². The number of rotatable bonds is 4. The molecule has 1 fully saturated rings. The third kappa shape index (κ3) is 3.00. The molecule has 0 heterocycles. The fourth-order valence-corrected chi connectivity index (χ4v) is 2.59. The summed E-state index contributed by atoms with van der Waals surface area (Å²) in [6.45, 7) is 0.104. The Morgan fingerprint density at radius 2 is 2.39 bits per heavy atom. The van der Waals surface area contributed by atoms with Gasteiger partial charge in [-0.3, -0.25) is 0 Å². The minimum atomic E-state index is -0.287. The molecule has 1 aromatic rings. The molecule has 0 radical (unpaired) electrons. The highest BCUT2D eigenvalue weighted by Crippen LogP contribution is 2.30. The van der Waals surface area contributed by atoms with Crippen molar-refractivity contribution in [3.8, 4) is 5.75 Å². The molecule has 2 atom stereocenters. The number of likely N-dealkylation sites (N-methyl/N-ethyl adjacent to an activating group) is 1. The number of nitrogens with one attached hydrogen (secondary N) is 1. The summed E-state index contributed by atoms with van der Waals surface area (Å²) in [5.41, 5.74) is -0.254. The van der Waals surface area contributed by atoms with E-state index < -0.39 is 0 Å². The molecule has 0 amide bonds. The minimum Gasteiger partial charge on any atom is -0.490 e. The molecule has 0 spiro atoms. The van der Waals surface area contributed by atoms with Gasteiger partial charge in [-0.05, 0) is 38.4 Å². The van der Waals surface area contributed by atoms with Crippen LogP contribution >= 0.6 is 0 Å². The molecule has 4 heteroatoms. The van der Waals surface area contributed by atoms with Crippen LogP contribution in [0.2, 0.25) is 0 Å². The highest BCUT2D eigenvalue weighted by atomic mass is 19.1. The standard InChI is InChI=1S/C14H20FNO2/c1-16-14(10-17)7-3-6-13(9-14)18-12-5-2-4-11(15)8-12/h2,4-5,8,13,16-17H,3,6-7,9-10H2,1H3. The third-order valence-electron chi connectivity index (χ3n) is 3.73. The monoisotopic (exact) mass is 253 g/mol. The van der Waals surface area contributed by atoms with Gasteiger partial charge in [-0.15, -0.1) is 0 Å². The van der Waals surface area contributed by atoms with Gasteiger partial charge in [-0.1, -0.05) is 6.07 Å². The molecule has 1 saturated carbocycles. The molecule has 3 nitrogen and oxygen atoms in total. The van der Waals surface area contributed by atoms with Gasteiger partial charge in [0.25, 0.3) is 0 Å². The summed E-state index contributed by atoms with van der Waals surface area (Å²) in [7, 11) is 1.86. The van der Waals surface area contributed by atoms with Gasteiger partial charge in [0, 0.05) is 18.0 Å². The lowest BCUT2D eigenvalue weighted by molar-refractivity contribution is 0.0553. The van der Waals surface area contributed by atoms with Gasteiger partial charge in [0.2, 0.25) is 0 Å². The highest BCUT2D eigenvalue weighted by Gasteiger charge is 2.35. The number of hydrogen-bond acceptors (Lipinski definition) is 3. The first kappa shape index (κ1) is 13.3. The molecule has 2 rings (SSSR count). The van der Waals surface area contributed by atoms with E-state index in [9.17, 15) is 9.50 Å². The Morgan fingerprint density at radius 1 is 1.56 bits per heavy atom. The Hall–Kier alpha value is -1.13. The third-order valence-corrected chi connectivity index (χ3v) is 3.73. The van der Waals surface area contributed by atoms with Gasteiger partial charge in [0.1, 0.15) is 17.7 Å². The van der Waals surface area contributed by atoms with Crippen molar-refractivity contribution in [1.82, 2.24) is 5.32 Å². The van der Waals surface area contributed by atoms with E-state index in [4.69, 9.17) is 4.74 Å². The highest BCUT2D eigenvalue weighted by molar-refractivity contribution is 5.22. The summed E-state index contributed by atoms with van der Waals surface area (Å²) in [5.74, 6) is 0.273. The van der Waals surface area contributed by atoms with E-state index in [2.05, 4.69) is 5.32 Å². The van der Waals surface area contributed by atoms with Crippen molar-refractivity contribution in [2.75, 3.05) is 13.7 Å². The van der Waals surface area contributed by atoms with Crippen molar-refractivity contribution in [1.29, 1.82) is 0 Å². The summed E-state index contributed by atoms with van der Waals surface area (Å²) in [5, 5.41) is 12.7. The molecule has 18 heavy (non-hydrogen) atoms. The van der Waals surface area contributed by atoms with Crippen molar-refractivity contribution in [2.45, 2.75) is 37.3 Å². The van der Waals surface area contributed by atoms with Gasteiger partial charge in [-0.2, -0.15) is 0 Å². The van der Waals surface area contributed by atoms with Crippen LogP contribution in [-0.4, -0.2) is 30.4 Å². The fourth-order valence-electron chi connectivity index (χ4n) is 2.59. The largest absolute Gasteiger partial charge is 0.490 e. The summed E-state index contributed by atoms with van der Waals surface area (Å²) in [6, 6.07) is 6.20. The summed E-state index contributed by atoms with van der Waals surface area (Å²) >= 11 is 0. The number of aliphatic hydroxyl groups excluding tert-OH is 1. The number of hydrogen-bond donors (Lipinski definition) is 2. The van der Waals surface area contributed by atoms with Crippen LogP contribution in [0.5, 0.6) is 5.75 Å². The lowest BCUT2D eigenvalue weighted by Gasteiger charge is -2.39. The molecule has 1 aliphatic rings. The Kier molecular flexibility index (Phi) is 4.19. The van der Waals surface area contributed by atoms with Crippen LogP contribution in [0.4, 0.5) is 4.39 Å². The van der Waals surface area contributed by atoms with Crippen molar-refractivity contribution in [2.24, 2.45) is 0 Å². The molecular weight excluding hydrogens is 233 g/mol. The normalized spacial score (nSPS) is 28.1. The zero-order chi connectivity index (χ0) is 13.0. The summed E-state index contributed by atoms with van der Waals surface area (Å²) in [6.07, 6.45) is 3.67. The number of aliphatic hydroxyl groups is 1. The van der Waals surface area contributed by atoms with E-state index in [-0.39, 0.29) is 24.1 Å². The first-order valence-corrected chi connectivity index (χ1v) is 6.39. The number of benzene rings is 1. The lowest BCUT2D eigenvalue weighted by Crippen LogP contribution is -2.52. The Bertz CT molecular complexity index is 393. The van der Waals surface area contributed by atoms with E-state index in [1.807, 2.05) is 7.05 Å². The second kappa shape index (κ2) is 5.67. The fraction of sp³-hybridized carbons (Fsp3) is 0.571. The second-order valence-corrected chi connectivity index (χ2v) is 4.98. The van der Waals surface area contributed by atoms with Crippen LogP contribution in [0, 0.1) is 5.82 Å². The van der Waals surface area contributed by atoms with E-state index in [1.165, 1.54) is 12.1 Å². The van der Waals surface area contributed by atoms with Crippen molar-refractivity contribution < 1.29 is 14.2 Å². The van der Waals surface area contributed by atoms with Crippen molar-refractivity contribution in [3.05, 3.63) is 30.1 Å². The molecule has 0 saturated heterocycles. The molecule has 2 unspecified atom stereocenters. The first-order chi connectivity index (χ1) is 8.67. The van der Waals surface area contributed by atoms with Crippen LogP contribution in [0.1, 0.15) is 25.7 Å². The maximum atomic E-state index is 13.1. The van der Waals surface area contributed by atoms with Crippen molar-refractivity contribution >= 4 is 0 Å². The SMILES string of the molecule is CNC1(CO)CCCC(Oc2cccc(F)c2)C1. The van der Waals surface area contributed by atoms with Gasteiger partial charge >= 0.3 is 0 Å². The second-order valence-electron chi connectivity index (χ2n) is 4.98.